The van der Waals surface area contributed by atoms with Crippen molar-refractivity contribution in [1.82, 2.24) is 4.90 Å². The van der Waals surface area contributed by atoms with Gasteiger partial charge < -0.3 is 10.0 Å². The first-order valence-electron chi connectivity index (χ1n) is 6.38. The summed E-state index contributed by atoms with van der Waals surface area (Å²) in [4.78, 5) is 27.0. The van der Waals surface area contributed by atoms with Crippen molar-refractivity contribution in [3.63, 3.8) is 0 Å². The maximum Gasteiger partial charge on any atom is 0.305 e. The number of anilines is 1. The first-order chi connectivity index (χ1) is 9.09. The summed E-state index contributed by atoms with van der Waals surface area (Å²) < 4.78 is 0. The van der Waals surface area contributed by atoms with Gasteiger partial charge in [-0.1, -0.05) is 18.2 Å². The Morgan fingerprint density at radius 2 is 2.00 bits per heavy atom. The number of carboxylic acids is 1. The third-order valence-corrected chi connectivity index (χ3v) is 3.41. The Hall–Kier alpha value is -1.88. The molecular formula is C14H18N2O3. The molecule has 0 aromatic heterocycles. The fraction of sp³-hybridized carbons (Fsp3) is 0.429. The van der Waals surface area contributed by atoms with Crippen molar-refractivity contribution in [3.8, 4) is 0 Å². The number of para-hydroxylation sites is 1. The zero-order chi connectivity index (χ0) is 13.8. The molecule has 0 bridgehead atoms. The lowest BCUT2D eigenvalue weighted by Gasteiger charge is -2.27. The number of carbonyl (C=O) groups is 2. The third kappa shape index (κ3) is 3.12. The number of hydrogen-bond donors (Lipinski definition) is 1. The Bertz CT molecular complexity index is 461. The maximum atomic E-state index is 12.5. The van der Waals surface area contributed by atoms with E-state index in [4.69, 9.17) is 5.11 Å². The molecule has 1 heterocycles. The first kappa shape index (κ1) is 13.5. The number of likely N-dealkylation sites (N-methyl/N-ethyl adjacent to an activating group) is 1. The van der Waals surface area contributed by atoms with Crippen LogP contribution in [0.15, 0.2) is 30.3 Å². The van der Waals surface area contributed by atoms with Crippen LogP contribution < -0.4 is 4.90 Å². The number of nitrogens with zero attached hydrogens (tertiary/aromatic N) is 2. The van der Waals surface area contributed by atoms with Crippen LogP contribution in [0.2, 0.25) is 0 Å². The summed E-state index contributed by atoms with van der Waals surface area (Å²) in [6.45, 7) is 1.36. The zero-order valence-corrected chi connectivity index (χ0v) is 11.0. The molecule has 1 atom stereocenters. The molecule has 0 saturated carbocycles. The van der Waals surface area contributed by atoms with Gasteiger partial charge in [0.1, 0.15) is 0 Å². The van der Waals surface area contributed by atoms with Crippen molar-refractivity contribution in [2.75, 3.05) is 25.0 Å². The molecule has 1 aromatic carbocycles. The smallest absolute Gasteiger partial charge is 0.305 e. The number of aliphatic carboxylic acids is 1. The number of hydrogen-bond acceptors (Lipinski definition) is 3. The molecular weight excluding hydrogens is 244 g/mol. The van der Waals surface area contributed by atoms with Gasteiger partial charge in [0, 0.05) is 18.8 Å². The summed E-state index contributed by atoms with van der Waals surface area (Å²) in [6, 6.07) is 8.82. The van der Waals surface area contributed by atoms with E-state index in [0.717, 1.165) is 18.7 Å². The zero-order valence-electron chi connectivity index (χ0n) is 11.0. The fourth-order valence-corrected chi connectivity index (χ4v) is 2.39. The van der Waals surface area contributed by atoms with E-state index in [9.17, 15) is 9.59 Å². The van der Waals surface area contributed by atoms with E-state index < -0.39 is 12.0 Å². The minimum atomic E-state index is -0.944. The molecule has 1 N–H and O–H groups in total. The normalized spacial score (nSPS) is 21.2. The molecule has 1 aromatic rings. The maximum absolute atomic E-state index is 12.5. The summed E-state index contributed by atoms with van der Waals surface area (Å²) in [5.74, 6) is -1.08. The lowest BCUT2D eigenvalue weighted by molar-refractivity contribution is -0.140. The second-order valence-corrected chi connectivity index (χ2v) is 4.77. The third-order valence-electron chi connectivity index (χ3n) is 3.41. The molecule has 1 aliphatic rings. The summed E-state index contributed by atoms with van der Waals surface area (Å²) in [5, 5.41) is 8.95. The second kappa shape index (κ2) is 5.84. The first-order valence-corrected chi connectivity index (χ1v) is 6.38. The minimum Gasteiger partial charge on any atom is -0.481 e. The highest BCUT2D eigenvalue weighted by atomic mass is 16.4. The Balaban J connectivity index is 2.25. The topological polar surface area (TPSA) is 60.9 Å². The van der Waals surface area contributed by atoms with Crippen LogP contribution in [0.3, 0.4) is 0 Å². The molecule has 5 heteroatoms. The van der Waals surface area contributed by atoms with Gasteiger partial charge in [0.2, 0.25) is 5.91 Å². The standard InChI is InChI=1S/C14H18N2O3/c1-15-8-5-9-16(11-6-3-2-4-7-11)14(19)12(15)10-13(17)18/h2-4,6-7,12H,5,8-10H2,1H3,(H,17,18). The van der Waals surface area contributed by atoms with Crippen LogP contribution in [0.4, 0.5) is 5.69 Å². The quantitative estimate of drug-likeness (QED) is 0.889. The molecule has 19 heavy (non-hydrogen) atoms. The highest BCUT2D eigenvalue weighted by Gasteiger charge is 2.32. The minimum absolute atomic E-state index is 0.131. The van der Waals surface area contributed by atoms with Crippen LogP contribution in [-0.4, -0.2) is 48.1 Å². The highest BCUT2D eigenvalue weighted by molar-refractivity contribution is 5.99. The van der Waals surface area contributed by atoms with Gasteiger partial charge in [-0.3, -0.25) is 14.5 Å². The van der Waals surface area contributed by atoms with E-state index in [2.05, 4.69) is 0 Å². The molecule has 0 spiro atoms. The van der Waals surface area contributed by atoms with Crippen LogP contribution >= 0.6 is 0 Å². The van der Waals surface area contributed by atoms with Crippen molar-refractivity contribution in [2.24, 2.45) is 0 Å². The SMILES string of the molecule is CN1CCCN(c2ccccc2)C(=O)C1CC(=O)O. The van der Waals surface area contributed by atoms with E-state index in [1.165, 1.54) is 0 Å². The largest absolute Gasteiger partial charge is 0.481 e. The van der Waals surface area contributed by atoms with E-state index >= 15 is 0 Å². The summed E-state index contributed by atoms with van der Waals surface area (Å²) >= 11 is 0. The Labute approximate surface area is 112 Å². The lowest BCUT2D eigenvalue weighted by atomic mass is 10.1. The molecule has 1 unspecified atom stereocenters. The van der Waals surface area contributed by atoms with Gasteiger partial charge in [0.05, 0.1) is 12.5 Å². The van der Waals surface area contributed by atoms with Crippen LogP contribution in [0, 0.1) is 0 Å². The average molecular weight is 262 g/mol. The lowest BCUT2D eigenvalue weighted by Crippen LogP contribution is -2.45. The summed E-state index contributed by atoms with van der Waals surface area (Å²) in [6.07, 6.45) is 0.686. The second-order valence-electron chi connectivity index (χ2n) is 4.77. The fourth-order valence-electron chi connectivity index (χ4n) is 2.39. The monoisotopic (exact) mass is 262 g/mol. The van der Waals surface area contributed by atoms with Crippen molar-refractivity contribution in [1.29, 1.82) is 0 Å². The number of rotatable bonds is 3. The van der Waals surface area contributed by atoms with Crippen molar-refractivity contribution < 1.29 is 14.7 Å². The molecule has 5 nitrogen and oxygen atoms in total. The van der Waals surface area contributed by atoms with Gasteiger partial charge >= 0.3 is 5.97 Å². The number of carboxylic acid groups (broad SMARTS) is 1. The van der Waals surface area contributed by atoms with Crippen LogP contribution in [0.5, 0.6) is 0 Å². The van der Waals surface area contributed by atoms with Gasteiger partial charge in [-0.05, 0) is 25.6 Å². The van der Waals surface area contributed by atoms with E-state index in [1.807, 2.05) is 35.2 Å². The van der Waals surface area contributed by atoms with Crippen molar-refractivity contribution in [3.05, 3.63) is 30.3 Å². The molecule has 1 saturated heterocycles. The van der Waals surface area contributed by atoms with Crippen LogP contribution in [0.1, 0.15) is 12.8 Å². The van der Waals surface area contributed by atoms with Crippen molar-refractivity contribution >= 4 is 17.6 Å². The number of benzene rings is 1. The molecule has 0 aliphatic carbocycles. The van der Waals surface area contributed by atoms with E-state index in [0.29, 0.717) is 6.54 Å². The van der Waals surface area contributed by atoms with E-state index in [1.54, 1.807) is 11.9 Å². The predicted molar refractivity (Wildman–Crippen MR) is 72.1 cm³/mol. The van der Waals surface area contributed by atoms with Gasteiger partial charge in [0.25, 0.3) is 0 Å². The predicted octanol–water partition coefficient (Wildman–Crippen LogP) is 1.20. The van der Waals surface area contributed by atoms with Gasteiger partial charge in [-0.15, -0.1) is 0 Å². The van der Waals surface area contributed by atoms with Gasteiger partial charge in [-0.2, -0.15) is 0 Å². The van der Waals surface area contributed by atoms with Crippen molar-refractivity contribution in [2.45, 2.75) is 18.9 Å². The summed E-state index contributed by atoms with van der Waals surface area (Å²) in [7, 11) is 1.81. The average Bonchev–Trinajstić information content (AvgIpc) is 2.52. The molecule has 1 amide bonds. The summed E-state index contributed by atoms with van der Waals surface area (Å²) in [5.41, 5.74) is 0.832. The van der Waals surface area contributed by atoms with Crippen LogP contribution in [-0.2, 0) is 9.59 Å². The Morgan fingerprint density at radius 3 is 2.63 bits per heavy atom. The molecule has 0 radical (unpaired) electrons. The van der Waals surface area contributed by atoms with Crippen LogP contribution in [0.25, 0.3) is 0 Å². The van der Waals surface area contributed by atoms with Gasteiger partial charge in [0.15, 0.2) is 0 Å². The Kier molecular flexibility index (Phi) is 4.16. The van der Waals surface area contributed by atoms with Gasteiger partial charge in [-0.25, -0.2) is 0 Å². The molecule has 102 valence electrons. The number of amides is 1. The van der Waals surface area contributed by atoms with E-state index in [-0.39, 0.29) is 12.3 Å². The highest BCUT2D eigenvalue weighted by Crippen LogP contribution is 2.20. The number of carbonyl (C=O) groups excluding carboxylic acids is 1. The molecule has 2 rings (SSSR count). The molecule has 1 aliphatic heterocycles. The Morgan fingerprint density at radius 1 is 1.32 bits per heavy atom. The molecule has 1 fully saturated rings.